The summed E-state index contributed by atoms with van der Waals surface area (Å²) in [5, 5.41) is 13.5. The Labute approximate surface area is 209 Å². The first-order chi connectivity index (χ1) is 17.1. The number of hydrogen-bond donors (Lipinski definition) is 2. The number of unbranched alkanes of at least 4 members (excludes halogenated alkanes) is 1. The van der Waals surface area contributed by atoms with E-state index < -0.39 is 5.82 Å². The fourth-order valence-electron chi connectivity index (χ4n) is 4.38. The highest BCUT2D eigenvalue weighted by atomic mass is 35.5. The lowest BCUT2D eigenvalue weighted by atomic mass is 10.00. The van der Waals surface area contributed by atoms with Gasteiger partial charge in [0.05, 0.1) is 17.3 Å². The highest BCUT2D eigenvalue weighted by Crippen LogP contribution is 2.29. The summed E-state index contributed by atoms with van der Waals surface area (Å²) in [6, 6.07) is 4.33. The van der Waals surface area contributed by atoms with Gasteiger partial charge in [-0.3, -0.25) is 0 Å². The van der Waals surface area contributed by atoms with Crippen molar-refractivity contribution in [3.05, 3.63) is 59.9 Å². The van der Waals surface area contributed by atoms with Crippen LogP contribution in [0.2, 0.25) is 5.02 Å². The average molecular weight is 494 g/mol. The minimum Gasteiger partial charge on any atom is -0.371 e. The van der Waals surface area contributed by atoms with E-state index in [9.17, 15) is 4.39 Å². The Hall–Kier alpha value is -3.44. The summed E-state index contributed by atoms with van der Waals surface area (Å²) < 4.78 is 14.7. The third kappa shape index (κ3) is 6.17. The minimum atomic E-state index is -0.482. The molecule has 3 aromatic heterocycles. The Kier molecular flexibility index (Phi) is 8.32. The number of rotatable bonds is 11. The molecule has 0 amide bonds. The van der Waals surface area contributed by atoms with Crippen molar-refractivity contribution in [3.63, 3.8) is 0 Å². The van der Waals surface area contributed by atoms with Crippen molar-refractivity contribution in [3.8, 4) is 17.5 Å². The SMILES string of the molecule is CCCC(CC[C@H]1C=CC=CN1CCCC#N)Nc1nc(-c2c[nH]c3ncc(Cl)cc23)ncc1F. The number of pyridine rings is 1. The molecule has 0 aromatic carbocycles. The fraction of sp³-hybridized carbons (Fsp3) is 0.385. The molecule has 0 aliphatic carbocycles. The first-order valence-electron chi connectivity index (χ1n) is 12.0. The predicted molar refractivity (Wildman–Crippen MR) is 137 cm³/mol. The molecule has 0 radical (unpaired) electrons. The molecule has 3 aromatic rings. The van der Waals surface area contributed by atoms with Gasteiger partial charge in [-0.25, -0.2) is 19.3 Å². The number of fused-ring (bicyclic) bond motifs is 1. The van der Waals surface area contributed by atoms with Crippen molar-refractivity contribution in [2.24, 2.45) is 0 Å². The average Bonchev–Trinajstić information content (AvgIpc) is 3.28. The maximum atomic E-state index is 14.7. The van der Waals surface area contributed by atoms with Gasteiger partial charge in [-0.2, -0.15) is 5.26 Å². The van der Waals surface area contributed by atoms with E-state index in [1.807, 2.05) is 6.08 Å². The molecular formula is C26H29ClFN7. The zero-order chi connectivity index (χ0) is 24.6. The molecular weight excluding hydrogens is 465 g/mol. The number of aromatic amines is 1. The van der Waals surface area contributed by atoms with Crippen molar-refractivity contribution in [1.29, 1.82) is 5.26 Å². The van der Waals surface area contributed by atoms with E-state index in [2.05, 4.69) is 61.5 Å². The summed E-state index contributed by atoms with van der Waals surface area (Å²) >= 11 is 6.12. The molecule has 182 valence electrons. The largest absolute Gasteiger partial charge is 0.371 e. The number of nitrogens with one attached hydrogen (secondary N) is 2. The van der Waals surface area contributed by atoms with Gasteiger partial charge in [0.25, 0.3) is 0 Å². The molecule has 7 nitrogen and oxygen atoms in total. The van der Waals surface area contributed by atoms with Crippen molar-refractivity contribution in [1.82, 2.24) is 24.8 Å². The topological polar surface area (TPSA) is 93.5 Å². The van der Waals surface area contributed by atoms with Gasteiger partial charge in [0.1, 0.15) is 5.65 Å². The zero-order valence-electron chi connectivity index (χ0n) is 19.7. The lowest BCUT2D eigenvalue weighted by Crippen LogP contribution is -2.33. The molecule has 1 aliphatic rings. The monoisotopic (exact) mass is 493 g/mol. The molecule has 0 bridgehead atoms. The number of allylic oxidation sites excluding steroid dienone is 2. The fourth-order valence-corrected chi connectivity index (χ4v) is 4.54. The third-order valence-corrected chi connectivity index (χ3v) is 6.33. The summed E-state index contributed by atoms with van der Waals surface area (Å²) in [6.07, 6.45) is 17.9. The van der Waals surface area contributed by atoms with E-state index in [1.165, 1.54) is 6.20 Å². The van der Waals surface area contributed by atoms with Gasteiger partial charge in [0, 0.05) is 48.4 Å². The van der Waals surface area contributed by atoms with E-state index in [0.717, 1.165) is 49.6 Å². The highest BCUT2D eigenvalue weighted by Gasteiger charge is 2.19. The molecule has 4 rings (SSSR count). The van der Waals surface area contributed by atoms with Crippen LogP contribution in [0.15, 0.2) is 49.1 Å². The lowest BCUT2D eigenvalue weighted by Gasteiger charge is -2.31. The molecule has 0 saturated carbocycles. The Bertz CT molecular complexity index is 1250. The van der Waals surface area contributed by atoms with Crippen LogP contribution in [-0.2, 0) is 0 Å². The number of H-pyrrole nitrogens is 1. The quantitative estimate of drug-likeness (QED) is 0.307. The lowest BCUT2D eigenvalue weighted by molar-refractivity contribution is 0.290. The number of hydrogen-bond acceptors (Lipinski definition) is 6. The summed E-state index contributed by atoms with van der Waals surface area (Å²) in [7, 11) is 0. The van der Waals surface area contributed by atoms with Gasteiger partial charge in [0.2, 0.25) is 0 Å². The van der Waals surface area contributed by atoms with Gasteiger partial charge >= 0.3 is 0 Å². The van der Waals surface area contributed by atoms with Crippen LogP contribution >= 0.6 is 11.6 Å². The zero-order valence-corrected chi connectivity index (χ0v) is 20.5. The Morgan fingerprint density at radius 3 is 3.00 bits per heavy atom. The molecule has 2 atom stereocenters. The van der Waals surface area contributed by atoms with Crippen LogP contribution in [0, 0.1) is 17.1 Å². The van der Waals surface area contributed by atoms with Crippen LogP contribution < -0.4 is 5.32 Å². The molecule has 2 N–H and O–H groups in total. The smallest absolute Gasteiger partial charge is 0.183 e. The second kappa shape index (κ2) is 11.8. The maximum absolute atomic E-state index is 14.7. The molecule has 0 saturated heterocycles. The number of aromatic nitrogens is 4. The number of nitrogens with zero attached hydrogens (tertiary/aromatic N) is 5. The second-order valence-electron chi connectivity index (χ2n) is 8.64. The summed E-state index contributed by atoms with van der Waals surface area (Å²) in [5.41, 5.74) is 1.39. The van der Waals surface area contributed by atoms with Crippen molar-refractivity contribution in [2.45, 2.75) is 57.5 Å². The minimum absolute atomic E-state index is 0.0663. The van der Waals surface area contributed by atoms with Crippen LogP contribution in [0.1, 0.15) is 45.4 Å². The molecule has 1 unspecified atom stereocenters. The normalized spacial score (nSPS) is 15.9. The van der Waals surface area contributed by atoms with Gasteiger partial charge in [0.15, 0.2) is 17.5 Å². The van der Waals surface area contributed by atoms with Gasteiger partial charge in [-0.05, 0) is 44.0 Å². The molecule has 1 aliphatic heterocycles. The van der Waals surface area contributed by atoms with Gasteiger partial charge < -0.3 is 15.2 Å². The van der Waals surface area contributed by atoms with Crippen LogP contribution in [0.4, 0.5) is 10.2 Å². The predicted octanol–water partition coefficient (Wildman–Crippen LogP) is 6.23. The van der Waals surface area contributed by atoms with Crippen molar-refractivity contribution in [2.75, 3.05) is 11.9 Å². The second-order valence-corrected chi connectivity index (χ2v) is 9.08. The Morgan fingerprint density at radius 2 is 2.17 bits per heavy atom. The van der Waals surface area contributed by atoms with Crippen LogP contribution in [0.25, 0.3) is 22.4 Å². The van der Waals surface area contributed by atoms with Crippen molar-refractivity contribution >= 4 is 28.5 Å². The molecule has 4 heterocycles. The first kappa shape index (κ1) is 24.7. The van der Waals surface area contributed by atoms with E-state index in [0.29, 0.717) is 22.9 Å². The van der Waals surface area contributed by atoms with E-state index >= 15 is 0 Å². The number of nitriles is 1. The number of halogens is 2. The highest BCUT2D eigenvalue weighted by molar-refractivity contribution is 6.31. The van der Waals surface area contributed by atoms with E-state index in [-0.39, 0.29) is 17.9 Å². The van der Waals surface area contributed by atoms with Crippen LogP contribution in [0.3, 0.4) is 0 Å². The summed E-state index contributed by atoms with van der Waals surface area (Å²) in [6.45, 7) is 2.97. The third-order valence-electron chi connectivity index (χ3n) is 6.12. The van der Waals surface area contributed by atoms with Crippen molar-refractivity contribution < 1.29 is 4.39 Å². The first-order valence-corrected chi connectivity index (χ1v) is 12.4. The maximum Gasteiger partial charge on any atom is 0.183 e. The Morgan fingerprint density at radius 1 is 1.29 bits per heavy atom. The molecule has 0 fully saturated rings. The van der Waals surface area contributed by atoms with Crippen LogP contribution in [0.5, 0.6) is 0 Å². The van der Waals surface area contributed by atoms with E-state index in [1.54, 1.807) is 18.5 Å². The van der Waals surface area contributed by atoms with Gasteiger partial charge in [-0.1, -0.05) is 37.1 Å². The Balaban J connectivity index is 1.48. The molecule has 0 spiro atoms. The number of anilines is 1. The summed E-state index contributed by atoms with van der Waals surface area (Å²) in [4.78, 5) is 18.4. The summed E-state index contributed by atoms with van der Waals surface area (Å²) in [5.74, 6) is 0.121. The molecule has 35 heavy (non-hydrogen) atoms. The van der Waals surface area contributed by atoms with Crippen LogP contribution in [-0.4, -0.2) is 43.5 Å². The van der Waals surface area contributed by atoms with E-state index in [4.69, 9.17) is 16.9 Å². The standard InChI is InChI=1S/C26H29ClFN7/c1-2-7-19(9-10-20-8-3-5-12-35(20)13-6-4-11-29)33-26-23(28)17-32-25(34-26)22-16-31-24-21(22)14-18(27)15-30-24/h3,5,8,12,14-17,19-20H,2,4,6-7,9-10,13H2,1H3,(H,30,31)(H,32,33,34)/t19?,20-/m1/s1. The molecule has 9 heteroatoms. The van der Waals surface area contributed by atoms with Gasteiger partial charge in [-0.15, -0.1) is 0 Å².